The number of carbonyl (C=O) groups excluding carboxylic acids is 4. The van der Waals surface area contributed by atoms with E-state index < -0.39 is 66.0 Å². The number of hydrogen-bond donors (Lipinski definition) is 1. The minimum atomic E-state index is -2.39. The van der Waals surface area contributed by atoms with Crippen LogP contribution in [-0.4, -0.2) is 110 Å². The van der Waals surface area contributed by atoms with Crippen LogP contribution in [0.2, 0.25) is 5.28 Å². The summed E-state index contributed by atoms with van der Waals surface area (Å²) < 4.78 is 45.4. The minimum absolute atomic E-state index is 0.00122. The summed E-state index contributed by atoms with van der Waals surface area (Å²) in [6, 6.07) is 6.73. The number of esters is 2. The summed E-state index contributed by atoms with van der Waals surface area (Å²) in [6.07, 6.45) is -4.99. The molecule has 4 heterocycles. The Morgan fingerprint density at radius 2 is 1.65 bits per heavy atom. The van der Waals surface area contributed by atoms with Crippen molar-refractivity contribution in [2.75, 3.05) is 36.3 Å². The molecule has 0 aliphatic carbocycles. The smallest absolute Gasteiger partial charge is 0.440 e. The Hall–Kier alpha value is -4.49. The molecule has 1 N–H and O–H groups in total. The molecule has 312 valence electrons. The molecule has 2 amide bonds. The molecule has 2 fully saturated rings. The summed E-state index contributed by atoms with van der Waals surface area (Å²) in [6.45, 7) is 12.9. The highest BCUT2D eigenvalue weighted by atomic mass is 35.5. The van der Waals surface area contributed by atoms with Crippen LogP contribution in [0.25, 0.3) is 11.2 Å². The van der Waals surface area contributed by atoms with Gasteiger partial charge in [-0.15, -0.1) is 5.06 Å². The van der Waals surface area contributed by atoms with Crippen LogP contribution in [-0.2, 0) is 49.3 Å². The van der Waals surface area contributed by atoms with Crippen LogP contribution in [0.5, 0.6) is 0 Å². The maximum Gasteiger partial charge on any atom is 0.440 e. The Labute approximate surface area is 334 Å². The number of piperidine rings is 1. The number of alkyl halides is 1. The van der Waals surface area contributed by atoms with Gasteiger partial charge in [0.05, 0.1) is 31.7 Å². The third-order valence-electron chi connectivity index (χ3n) is 8.79. The van der Waals surface area contributed by atoms with Gasteiger partial charge in [0.2, 0.25) is 11.2 Å². The van der Waals surface area contributed by atoms with Gasteiger partial charge in [-0.3, -0.25) is 14.2 Å². The molecule has 0 unspecified atom stereocenters. The van der Waals surface area contributed by atoms with Crippen molar-refractivity contribution in [2.45, 2.75) is 122 Å². The van der Waals surface area contributed by atoms with Gasteiger partial charge < -0.3 is 33.7 Å². The van der Waals surface area contributed by atoms with E-state index in [4.69, 9.17) is 40.1 Å². The SMILES string of the molecule is CCOC(=O)C(Cc1ccc(N2CCCCC2=O)cc1)(OC[C@H]1O[C@@H](n2cnc3c(N(OC(C)(C)C)C(=O)OC(C)(C)C)nc(Cl)nc32)[C@@H](F)[C@@H]1O)C(=O)OCC. The summed E-state index contributed by atoms with van der Waals surface area (Å²) in [5, 5.41) is 11.6. The van der Waals surface area contributed by atoms with Crippen LogP contribution in [0.3, 0.4) is 0 Å². The van der Waals surface area contributed by atoms with Gasteiger partial charge in [-0.2, -0.15) is 9.97 Å². The molecule has 17 nitrogen and oxygen atoms in total. The number of imidazole rings is 1. The van der Waals surface area contributed by atoms with Crippen molar-refractivity contribution in [3.8, 4) is 0 Å². The fourth-order valence-corrected chi connectivity index (χ4v) is 6.45. The van der Waals surface area contributed by atoms with Crippen molar-refractivity contribution >= 4 is 58.2 Å². The molecule has 19 heteroatoms. The largest absolute Gasteiger partial charge is 0.463 e. The van der Waals surface area contributed by atoms with Gasteiger partial charge in [-0.25, -0.2) is 23.8 Å². The van der Waals surface area contributed by atoms with Crippen LogP contribution in [0, 0.1) is 0 Å². The van der Waals surface area contributed by atoms with E-state index in [0.29, 0.717) is 24.2 Å². The highest BCUT2D eigenvalue weighted by Crippen LogP contribution is 2.37. The topological polar surface area (TPSA) is 194 Å². The van der Waals surface area contributed by atoms with Crippen LogP contribution >= 0.6 is 11.6 Å². The van der Waals surface area contributed by atoms with Crippen molar-refractivity contribution in [3.05, 3.63) is 41.4 Å². The minimum Gasteiger partial charge on any atom is -0.463 e. The van der Waals surface area contributed by atoms with Crippen molar-refractivity contribution < 1.29 is 57.2 Å². The van der Waals surface area contributed by atoms with E-state index >= 15 is 4.39 Å². The number of rotatable bonds is 13. The van der Waals surface area contributed by atoms with E-state index in [1.807, 2.05) is 0 Å². The lowest BCUT2D eigenvalue weighted by atomic mass is 9.93. The van der Waals surface area contributed by atoms with E-state index in [1.54, 1.807) is 84.6 Å². The maximum absolute atomic E-state index is 16.1. The normalized spacial score (nSPS) is 20.5. The Bertz CT molecular complexity index is 1910. The van der Waals surface area contributed by atoms with Crippen molar-refractivity contribution in [1.29, 1.82) is 0 Å². The van der Waals surface area contributed by atoms with E-state index in [2.05, 4.69) is 15.0 Å². The molecule has 1 aromatic carbocycles. The number of aromatic nitrogens is 4. The lowest BCUT2D eigenvalue weighted by Gasteiger charge is -2.31. The fourth-order valence-electron chi connectivity index (χ4n) is 6.29. The molecular formula is C38H50ClFN6O11. The summed E-state index contributed by atoms with van der Waals surface area (Å²) in [7, 11) is 0. The second kappa shape index (κ2) is 17.6. The zero-order valence-electron chi connectivity index (χ0n) is 33.3. The van der Waals surface area contributed by atoms with E-state index in [0.717, 1.165) is 22.5 Å². The molecule has 2 aromatic heterocycles. The van der Waals surface area contributed by atoms with Gasteiger partial charge in [-0.1, -0.05) is 12.1 Å². The molecule has 57 heavy (non-hydrogen) atoms. The third-order valence-corrected chi connectivity index (χ3v) is 8.96. The number of hydrogen-bond acceptors (Lipinski definition) is 14. The van der Waals surface area contributed by atoms with Gasteiger partial charge in [0.1, 0.15) is 17.8 Å². The van der Waals surface area contributed by atoms with Gasteiger partial charge in [0, 0.05) is 25.1 Å². The fraction of sp³-hybridized carbons (Fsp3) is 0.605. The number of benzene rings is 1. The molecule has 4 atom stereocenters. The van der Waals surface area contributed by atoms with E-state index in [1.165, 1.54) is 6.33 Å². The molecule has 2 saturated heterocycles. The summed E-state index contributed by atoms with van der Waals surface area (Å²) >= 11 is 6.33. The average molecular weight is 821 g/mol. The highest BCUT2D eigenvalue weighted by molar-refractivity contribution is 6.28. The number of aliphatic hydroxyl groups excluding tert-OH is 1. The predicted octanol–water partition coefficient (Wildman–Crippen LogP) is 5.19. The first-order valence-electron chi connectivity index (χ1n) is 18.8. The maximum atomic E-state index is 16.1. The first-order chi connectivity index (χ1) is 26.8. The van der Waals surface area contributed by atoms with E-state index in [-0.39, 0.29) is 47.8 Å². The molecule has 5 rings (SSSR count). The highest BCUT2D eigenvalue weighted by Gasteiger charge is 2.53. The van der Waals surface area contributed by atoms with E-state index in [9.17, 15) is 24.3 Å². The molecule has 0 saturated carbocycles. The Kier molecular flexibility index (Phi) is 13.4. The third kappa shape index (κ3) is 9.97. The van der Waals surface area contributed by atoms with Gasteiger partial charge in [0.15, 0.2) is 29.4 Å². The predicted molar refractivity (Wildman–Crippen MR) is 203 cm³/mol. The van der Waals surface area contributed by atoms with Gasteiger partial charge >= 0.3 is 18.0 Å². The molecular weight excluding hydrogens is 771 g/mol. The lowest BCUT2D eigenvalue weighted by Crippen LogP contribution is -2.54. The van der Waals surface area contributed by atoms with Crippen molar-refractivity contribution in [1.82, 2.24) is 19.5 Å². The number of nitrogens with zero attached hydrogens (tertiary/aromatic N) is 6. The molecule has 0 spiro atoms. The van der Waals surface area contributed by atoms with Crippen LogP contribution in [0.4, 0.5) is 20.7 Å². The number of halogens is 2. The first-order valence-corrected chi connectivity index (χ1v) is 19.1. The number of carbonyl (C=O) groups is 4. The summed E-state index contributed by atoms with van der Waals surface area (Å²) in [4.78, 5) is 73.5. The average Bonchev–Trinajstić information content (AvgIpc) is 3.67. The number of hydroxylamine groups is 1. The number of ether oxygens (including phenoxy) is 5. The molecule has 0 radical (unpaired) electrons. The Balaban J connectivity index is 1.44. The Morgan fingerprint density at radius 3 is 2.23 bits per heavy atom. The van der Waals surface area contributed by atoms with Crippen LogP contribution < -0.4 is 9.96 Å². The molecule has 0 bridgehead atoms. The standard InChI is InChI=1S/C38H50ClFN6O11/c1-9-52-32(49)38(33(50)53-10-2,19-22-14-16-23(17-15-22)44-18-12-11-13-25(44)47)54-20-24-28(48)26(40)31(55-24)45-21-41-27-29(45)42-34(39)43-30(27)46(57-37(6,7)8)35(51)56-36(3,4)5/h14-17,21,24,26,28,31,48H,9-13,18-20H2,1-8H3/t24-,26+,28-,31-/m1/s1. The first kappa shape index (κ1) is 43.6. The zero-order chi connectivity index (χ0) is 41.9. The second-order valence-electron chi connectivity index (χ2n) is 15.5. The van der Waals surface area contributed by atoms with Crippen LogP contribution in [0.15, 0.2) is 30.6 Å². The van der Waals surface area contributed by atoms with Gasteiger partial charge in [-0.05, 0) is 97.5 Å². The van der Waals surface area contributed by atoms with Gasteiger partial charge in [0.25, 0.3) is 5.60 Å². The number of anilines is 2. The van der Waals surface area contributed by atoms with Crippen molar-refractivity contribution in [2.24, 2.45) is 0 Å². The lowest BCUT2D eigenvalue weighted by molar-refractivity contribution is -0.197. The monoisotopic (exact) mass is 820 g/mol. The zero-order valence-corrected chi connectivity index (χ0v) is 34.1. The molecule has 2 aliphatic heterocycles. The molecule has 3 aromatic rings. The number of fused-ring (bicyclic) bond motifs is 1. The van der Waals surface area contributed by atoms with Crippen LogP contribution in [0.1, 0.15) is 86.4 Å². The summed E-state index contributed by atoms with van der Waals surface area (Å²) in [5.74, 6) is -2.33. The second-order valence-corrected chi connectivity index (χ2v) is 15.9. The van der Waals surface area contributed by atoms with Crippen molar-refractivity contribution in [3.63, 3.8) is 0 Å². The summed E-state index contributed by atoms with van der Waals surface area (Å²) in [5.41, 5.74) is -3.25. The Morgan fingerprint density at radius 1 is 1.00 bits per heavy atom. The number of amides is 2. The molecule has 2 aliphatic rings. The quantitative estimate of drug-likeness (QED) is 0.0779. The number of aliphatic hydroxyl groups is 1.